The zero-order valence-corrected chi connectivity index (χ0v) is 15.2. The Hall–Kier alpha value is -2.44. The third kappa shape index (κ3) is 4.03. The topological polar surface area (TPSA) is 48.1 Å². The molecule has 0 bridgehead atoms. The molecule has 0 saturated carbocycles. The number of ether oxygens (including phenoxy) is 1. The smallest absolute Gasteiger partial charge is 0.0968 e. The molecule has 4 rings (SSSR count). The first-order valence-electron chi connectivity index (χ1n) is 9.17. The summed E-state index contributed by atoms with van der Waals surface area (Å²) >= 11 is 0. The van der Waals surface area contributed by atoms with Crippen molar-refractivity contribution < 1.29 is 4.74 Å². The molecule has 3 heterocycles. The largest absolute Gasteiger partial charge is 0.375 e. The number of aromatic nitrogens is 4. The first-order chi connectivity index (χ1) is 12.8. The van der Waals surface area contributed by atoms with Gasteiger partial charge in [0.2, 0.25) is 0 Å². The molecule has 0 aliphatic carbocycles. The highest BCUT2D eigenvalue weighted by molar-refractivity contribution is 5.62. The van der Waals surface area contributed by atoms with Gasteiger partial charge in [-0.15, -0.1) is 0 Å². The highest BCUT2D eigenvalue weighted by Gasteiger charge is 2.21. The van der Waals surface area contributed by atoms with Crippen LogP contribution in [0.5, 0.6) is 0 Å². The van der Waals surface area contributed by atoms with Gasteiger partial charge in [-0.2, -0.15) is 10.2 Å². The van der Waals surface area contributed by atoms with E-state index < -0.39 is 0 Å². The molecule has 0 N–H and O–H groups in total. The maximum atomic E-state index is 6.04. The molecule has 0 amide bonds. The summed E-state index contributed by atoms with van der Waals surface area (Å²) in [5.74, 6) is 0. The van der Waals surface area contributed by atoms with Crippen LogP contribution >= 0.6 is 0 Å². The van der Waals surface area contributed by atoms with Crippen LogP contribution in [0.4, 0.5) is 0 Å². The predicted octanol–water partition coefficient (Wildman–Crippen LogP) is 2.57. The second kappa shape index (κ2) is 7.85. The monoisotopic (exact) mass is 351 g/mol. The van der Waals surface area contributed by atoms with Gasteiger partial charge in [-0.25, -0.2) is 0 Å². The maximum absolute atomic E-state index is 6.04. The van der Waals surface area contributed by atoms with E-state index >= 15 is 0 Å². The van der Waals surface area contributed by atoms with Gasteiger partial charge in [0.05, 0.1) is 18.3 Å². The molecule has 1 aliphatic heterocycles. The van der Waals surface area contributed by atoms with E-state index in [4.69, 9.17) is 9.84 Å². The van der Waals surface area contributed by atoms with Crippen LogP contribution in [0.1, 0.15) is 12.0 Å². The molecule has 1 fully saturated rings. The van der Waals surface area contributed by atoms with Crippen LogP contribution in [0, 0.1) is 0 Å². The summed E-state index contributed by atoms with van der Waals surface area (Å²) in [7, 11) is 1.99. The molecule has 3 aromatic rings. The van der Waals surface area contributed by atoms with Crippen molar-refractivity contribution in [2.45, 2.75) is 25.6 Å². The lowest BCUT2D eigenvalue weighted by atomic mass is 10.1. The number of hydrogen-bond donors (Lipinski definition) is 0. The molecule has 26 heavy (non-hydrogen) atoms. The summed E-state index contributed by atoms with van der Waals surface area (Å²) in [4.78, 5) is 2.48. The molecule has 0 radical (unpaired) electrons. The summed E-state index contributed by atoms with van der Waals surface area (Å²) in [6.45, 7) is 4.43. The van der Waals surface area contributed by atoms with E-state index in [1.165, 1.54) is 11.1 Å². The second-order valence-electron chi connectivity index (χ2n) is 6.85. The lowest BCUT2D eigenvalue weighted by Crippen LogP contribution is -2.34. The zero-order chi connectivity index (χ0) is 17.8. The molecule has 0 unspecified atom stereocenters. The molecule has 1 aromatic carbocycles. The van der Waals surface area contributed by atoms with E-state index in [9.17, 15) is 0 Å². The molecule has 1 atom stereocenters. The van der Waals surface area contributed by atoms with Crippen molar-refractivity contribution in [2.24, 2.45) is 7.05 Å². The van der Waals surface area contributed by atoms with Crippen LogP contribution in [0.2, 0.25) is 0 Å². The number of nitrogens with zero attached hydrogens (tertiary/aromatic N) is 5. The van der Waals surface area contributed by atoms with Crippen LogP contribution in [-0.4, -0.2) is 50.3 Å². The van der Waals surface area contributed by atoms with Crippen molar-refractivity contribution in [2.75, 3.05) is 19.7 Å². The third-order valence-electron chi connectivity index (χ3n) is 4.73. The van der Waals surface area contributed by atoms with Crippen LogP contribution in [-0.2, 0) is 24.9 Å². The Morgan fingerprint density at radius 2 is 2.08 bits per heavy atom. The zero-order valence-electron chi connectivity index (χ0n) is 15.2. The van der Waals surface area contributed by atoms with Crippen molar-refractivity contribution in [1.82, 2.24) is 24.5 Å². The van der Waals surface area contributed by atoms with Gasteiger partial charge in [-0.1, -0.05) is 30.3 Å². The van der Waals surface area contributed by atoms with E-state index in [1.54, 1.807) is 0 Å². The average Bonchev–Trinajstić information content (AvgIpc) is 3.22. The second-order valence-corrected chi connectivity index (χ2v) is 6.85. The third-order valence-corrected chi connectivity index (χ3v) is 4.73. The molecule has 6 nitrogen and oxygen atoms in total. The van der Waals surface area contributed by atoms with Crippen LogP contribution < -0.4 is 0 Å². The van der Waals surface area contributed by atoms with E-state index in [1.807, 2.05) is 40.9 Å². The van der Waals surface area contributed by atoms with Gasteiger partial charge in [0.15, 0.2) is 0 Å². The molecule has 1 aliphatic rings. The minimum Gasteiger partial charge on any atom is -0.375 e. The summed E-state index contributed by atoms with van der Waals surface area (Å²) in [6.07, 6.45) is 7.16. The summed E-state index contributed by atoms with van der Waals surface area (Å²) in [5.41, 5.74) is 3.50. The van der Waals surface area contributed by atoms with Crippen molar-refractivity contribution in [3.8, 4) is 11.3 Å². The van der Waals surface area contributed by atoms with E-state index in [2.05, 4.69) is 40.5 Å². The number of aryl methyl sites for hydroxylation is 1. The van der Waals surface area contributed by atoms with Crippen LogP contribution in [0.3, 0.4) is 0 Å². The Morgan fingerprint density at radius 3 is 2.88 bits per heavy atom. The molecule has 2 aromatic heterocycles. The molecule has 1 saturated heterocycles. The number of hydrogen-bond acceptors (Lipinski definition) is 4. The quantitative estimate of drug-likeness (QED) is 0.709. The normalized spacial score (nSPS) is 18.7. The Bertz CT molecular complexity index is 812. The SMILES string of the molecule is Cn1cc(CN2CCCO[C@H](Cn3cccn3)C2)c(-c2ccccc2)n1. The molecular formula is C20H25N5O. The average molecular weight is 351 g/mol. The first kappa shape index (κ1) is 17.0. The summed E-state index contributed by atoms with van der Waals surface area (Å²) in [6, 6.07) is 12.4. The fourth-order valence-corrected chi connectivity index (χ4v) is 3.57. The predicted molar refractivity (Wildman–Crippen MR) is 101 cm³/mol. The summed E-state index contributed by atoms with van der Waals surface area (Å²) < 4.78 is 9.90. The molecule has 136 valence electrons. The minimum absolute atomic E-state index is 0.161. The van der Waals surface area contributed by atoms with Crippen LogP contribution in [0.15, 0.2) is 55.0 Å². The van der Waals surface area contributed by atoms with Crippen molar-refractivity contribution >= 4 is 0 Å². The van der Waals surface area contributed by atoms with E-state index in [-0.39, 0.29) is 6.10 Å². The lowest BCUT2D eigenvalue weighted by molar-refractivity contribution is 0.0391. The van der Waals surface area contributed by atoms with Gasteiger partial charge in [-0.3, -0.25) is 14.3 Å². The maximum Gasteiger partial charge on any atom is 0.0968 e. The fraction of sp³-hybridized carbons (Fsp3) is 0.400. The Balaban J connectivity index is 1.49. The summed E-state index contributed by atoms with van der Waals surface area (Å²) in [5, 5.41) is 9.01. The Morgan fingerprint density at radius 1 is 1.19 bits per heavy atom. The number of rotatable bonds is 5. The molecule has 6 heteroatoms. The van der Waals surface area contributed by atoms with Crippen molar-refractivity contribution in [3.05, 3.63) is 60.6 Å². The van der Waals surface area contributed by atoms with Gasteiger partial charge in [0.25, 0.3) is 0 Å². The van der Waals surface area contributed by atoms with Gasteiger partial charge in [-0.05, 0) is 12.5 Å². The highest BCUT2D eigenvalue weighted by Crippen LogP contribution is 2.23. The van der Waals surface area contributed by atoms with Gasteiger partial charge in [0, 0.05) is 63.0 Å². The standard InChI is InChI=1S/C20H25N5O/c1-23-13-18(20(22-23)17-7-3-2-4-8-17)14-24-10-6-12-26-19(15-24)16-25-11-5-9-21-25/h2-5,7-9,11,13,19H,6,10,12,14-16H2,1H3/t19-/m0/s1. The fourth-order valence-electron chi connectivity index (χ4n) is 3.57. The van der Waals surface area contributed by atoms with Crippen molar-refractivity contribution in [1.29, 1.82) is 0 Å². The minimum atomic E-state index is 0.161. The molecule has 0 spiro atoms. The van der Waals surface area contributed by atoms with Crippen molar-refractivity contribution in [3.63, 3.8) is 0 Å². The molecular weight excluding hydrogens is 326 g/mol. The highest BCUT2D eigenvalue weighted by atomic mass is 16.5. The van der Waals surface area contributed by atoms with Gasteiger partial charge in [0.1, 0.15) is 0 Å². The van der Waals surface area contributed by atoms with E-state index in [0.717, 1.165) is 44.9 Å². The lowest BCUT2D eigenvalue weighted by Gasteiger charge is -2.23. The Kier molecular flexibility index (Phi) is 5.13. The van der Waals surface area contributed by atoms with Gasteiger partial charge < -0.3 is 4.74 Å². The first-order valence-corrected chi connectivity index (χ1v) is 9.17. The van der Waals surface area contributed by atoms with Gasteiger partial charge >= 0.3 is 0 Å². The number of benzene rings is 1. The van der Waals surface area contributed by atoms with Crippen LogP contribution in [0.25, 0.3) is 11.3 Å². The Labute approximate surface area is 154 Å². The van der Waals surface area contributed by atoms with E-state index in [0.29, 0.717) is 0 Å².